The first-order chi connectivity index (χ1) is 11.1. The topological polar surface area (TPSA) is 51.2 Å². The number of nitrogens with zero attached hydrogens (tertiary/aromatic N) is 1. The van der Waals surface area contributed by atoms with Gasteiger partial charge in [-0.2, -0.15) is 0 Å². The first-order valence-electron chi connectivity index (χ1n) is 7.65. The molecule has 1 N–H and O–H groups in total. The van der Waals surface area contributed by atoms with Gasteiger partial charge < -0.3 is 10.1 Å². The fourth-order valence-electron chi connectivity index (χ4n) is 2.17. The fourth-order valence-corrected chi connectivity index (χ4v) is 3.06. The smallest absolute Gasteiger partial charge is 0.358 e. The minimum Gasteiger partial charge on any atom is -0.461 e. The third kappa shape index (κ3) is 5.11. The number of alkyl halides is 1. The third-order valence-electron chi connectivity index (χ3n) is 3.32. The number of rotatable bonds is 8. The Labute approximate surface area is 139 Å². The molecule has 0 radical (unpaired) electrons. The van der Waals surface area contributed by atoms with Crippen LogP contribution in [0.25, 0.3) is 0 Å². The number of hydrogen-bond acceptors (Lipinski definition) is 5. The summed E-state index contributed by atoms with van der Waals surface area (Å²) in [5.74, 6) is -0.389. The van der Waals surface area contributed by atoms with Crippen LogP contribution in [0.4, 0.5) is 4.39 Å². The van der Waals surface area contributed by atoms with Crippen molar-refractivity contribution in [2.45, 2.75) is 33.0 Å². The number of esters is 1. The molecule has 0 amide bonds. The molecule has 0 spiro atoms. The summed E-state index contributed by atoms with van der Waals surface area (Å²) in [6.07, 6.45) is -0.573. The molecule has 1 aromatic heterocycles. The molecule has 0 aliphatic heterocycles. The van der Waals surface area contributed by atoms with Gasteiger partial charge in [-0.1, -0.05) is 30.3 Å². The van der Waals surface area contributed by atoms with Crippen LogP contribution in [0.5, 0.6) is 0 Å². The largest absolute Gasteiger partial charge is 0.461 e. The highest BCUT2D eigenvalue weighted by molar-refractivity contribution is 7.11. The minimum absolute atomic E-state index is 0.334. The van der Waals surface area contributed by atoms with Crippen LogP contribution in [-0.2, 0) is 11.3 Å². The van der Waals surface area contributed by atoms with E-state index in [4.69, 9.17) is 4.74 Å². The lowest BCUT2D eigenvalue weighted by Gasteiger charge is -2.08. The summed E-state index contributed by atoms with van der Waals surface area (Å²) in [6, 6.07) is 9.14. The van der Waals surface area contributed by atoms with E-state index in [1.165, 1.54) is 11.3 Å². The van der Waals surface area contributed by atoms with Gasteiger partial charge in [0.2, 0.25) is 0 Å². The maximum absolute atomic E-state index is 14.0. The molecular weight excluding hydrogens is 315 g/mol. The van der Waals surface area contributed by atoms with Crippen LogP contribution >= 0.6 is 11.3 Å². The zero-order valence-corrected chi connectivity index (χ0v) is 14.2. The maximum Gasteiger partial charge on any atom is 0.358 e. The standard InChI is InChI=1S/C17H21FN2O2S/c1-3-22-17(21)16-12(2)23-15(20-16)11-19-10-9-14(18)13-7-5-4-6-8-13/h4-8,14,19H,3,9-11H2,1-2H3. The molecule has 1 atom stereocenters. The summed E-state index contributed by atoms with van der Waals surface area (Å²) in [6.45, 7) is 5.01. The molecule has 6 heteroatoms. The number of thiazole rings is 1. The van der Waals surface area contributed by atoms with Crippen molar-refractivity contribution in [2.75, 3.05) is 13.2 Å². The summed E-state index contributed by atoms with van der Waals surface area (Å²) >= 11 is 1.46. The third-order valence-corrected chi connectivity index (χ3v) is 4.29. The van der Waals surface area contributed by atoms with Crippen LogP contribution in [0.1, 0.15) is 45.5 Å². The number of benzene rings is 1. The first-order valence-corrected chi connectivity index (χ1v) is 8.46. The number of aromatic nitrogens is 1. The number of nitrogens with one attached hydrogen (secondary N) is 1. The fraction of sp³-hybridized carbons (Fsp3) is 0.412. The van der Waals surface area contributed by atoms with Crippen molar-refractivity contribution in [1.82, 2.24) is 10.3 Å². The van der Waals surface area contributed by atoms with Gasteiger partial charge in [-0.25, -0.2) is 14.2 Å². The van der Waals surface area contributed by atoms with E-state index in [1.54, 1.807) is 19.1 Å². The second kappa shape index (κ2) is 8.74. The van der Waals surface area contributed by atoms with Gasteiger partial charge in [0, 0.05) is 11.4 Å². The normalized spacial score (nSPS) is 12.1. The Kier molecular flexibility index (Phi) is 6.67. The Bertz CT molecular complexity index is 631. The van der Waals surface area contributed by atoms with E-state index in [1.807, 2.05) is 25.1 Å². The van der Waals surface area contributed by atoms with Crippen molar-refractivity contribution >= 4 is 17.3 Å². The molecule has 2 rings (SSSR count). The number of carbonyl (C=O) groups excluding carboxylic acids is 1. The van der Waals surface area contributed by atoms with Gasteiger partial charge in [0.15, 0.2) is 5.69 Å². The van der Waals surface area contributed by atoms with Gasteiger partial charge in [0.05, 0.1) is 6.61 Å². The van der Waals surface area contributed by atoms with E-state index in [-0.39, 0.29) is 5.97 Å². The zero-order valence-electron chi connectivity index (χ0n) is 13.3. The number of hydrogen-bond donors (Lipinski definition) is 1. The molecule has 0 saturated carbocycles. The second-order valence-electron chi connectivity index (χ2n) is 5.08. The summed E-state index contributed by atoms with van der Waals surface area (Å²) < 4.78 is 19.0. The van der Waals surface area contributed by atoms with E-state index in [0.717, 1.165) is 9.88 Å². The summed E-state index contributed by atoms with van der Waals surface area (Å²) in [4.78, 5) is 16.8. The van der Waals surface area contributed by atoms with E-state index in [0.29, 0.717) is 37.4 Å². The highest BCUT2D eigenvalue weighted by Gasteiger charge is 2.16. The first kappa shape index (κ1) is 17.6. The average Bonchev–Trinajstić information content (AvgIpc) is 2.93. The molecular formula is C17H21FN2O2S. The van der Waals surface area contributed by atoms with Crippen molar-refractivity contribution in [3.8, 4) is 0 Å². The lowest BCUT2D eigenvalue weighted by atomic mass is 10.1. The highest BCUT2D eigenvalue weighted by Crippen LogP contribution is 2.21. The molecule has 4 nitrogen and oxygen atoms in total. The molecule has 0 saturated heterocycles. The predicted octanol–water partition coefficient (Wildman–Crippen LogP) is 3.82. The molecule has 1 aromatic carbocycles. The summed E-state index contributed by atoms with van der Waals surface area (Å²) in [5.41, 5.74) is 1.07. The SMILES string of the molecule is CCOC(=O)c1nc(CNCCC(F)c2ccccc2)sc1C. The maximum atomic E-state index is 14.0. The van der Waals surface area contributed by atoms with Gasteiger partial charge in [-0.3, -0.25) is 0 Å². The predicted molar refractivity (Wildman–Crippen MR) is 89.4 cm³/mol. The number of aryl methyl sites for hydroxylation is 1. The van der Waals surface area contributed by atoms with Gasteiger partial charge in [0.25, 0.3) is 0 Å². The van der Waals surface area contributed by atoms with Gasteiger partial charge in [0.1, 0.15) is 11.2 Å². The zero-order chi connectivity index (χ0) is 16.7. The van der Waals surface area contributed by atoms with Crippen LogP contribution in [0, 0.1) is 6.92 Å². The lowest BCUT2D eigenvalue weighted by Crippen LogP contribution is -2.16. The van der Waals surface area contributed by atoms with Crippen LogP contribution in [0.3, 0.4) is 0 Å². The molecule has 0 bridgehead atoms. The molecule has 124 valence electrons. The van der Waals surface area contributed by atoms with Crippen LogP contribution < -0.4 is 5.32 Å². The van der Waals surface area contributed by atoms with Crippen molar-refractivity contribution in [2.24, 2.45) is 0 Å². The number of carbonyl (C=O) groups is 1. The Balaban J connectivity index is 1.78. The van der Waals surface area contributed by atoms with Crippen LogP contribution in [0.15, 0.2) is 30.3 Å². The minimum atomic E-state index is -0.975. The van der Waals surface area contributed by atoms with Gasteiger partial charge in [-0.05, 0) is 32.4 Å². The van der Waals surface area contributed by atoms with E-state index >= 15 is 0 Å². The Morgan fingerprint density at radius 1 is 1.39 bits per heavy atom. The quantitative estimate of drug-likeness (QED) is 0.588. The van der Waals surface area contributed by atoms with Crippen molar-refractivity contribution in [1.29, 1.82) is 0 Å². The molecule has 0 fully saturated rings. The van der Waals surface area contributed by atoms with Gasteiger partial charge >= 0.3 is 5.97 Å². The van der Waals surface area contributed by atoms with Crippen LogP contribution in [0.2, 0.25) is 0 Å². The molecule has 1 heterocycles. The molecule has 0 aliphatic carbocycles. The molecule has 23 heavy (non-hydrogen) atoms. The molecule has 1 unspecified atom stereocenters. The highest BCUT2D eigenvalue weighted by atomic mass is 32.1. The molecule has 2 aromatic rings. The summed E-state index contributed by atoms with van der Waals surface area (Å²) in [5, 5.41) is 3.98. The summed E-state index contributed by atoms with van der Waals surface area (Å²) in [7, 11) is 0. The van der Waals surface area contributed by atoms with Crippen molar-refractivity contribution in [3.05, 3.63) is 51.5 Å². The Morgan fingerprint density at radius 2 is 2.13 bits per heavy atom. The lowest BCUT2D eigenvalue weighted by molar-refractivity contribution is 0.0519. The molecule has 0 aliphatic rings. The average molecular weight is 336 g/mol. The van der Waals surface area contributed by atoms with E-state index in [2.05, 4.69) is 10.3 Å². The Hall–Kier alpha value is -1.79. The Morgan fingerprint density at radius 3 is 2.83 bits per heavy atom. The second-order valence-corrected chi connectivity index (χ2v) is 6.36. The van der Waals surface area contributed by atoms with E-state index in [9.17, 15) is 9.18 Å². The number of halogens is 1. The van der Waals surface area contributed by atoms with Crippen molar-refractivity contribution < 1.29 is 13.9 Å². The number of ether oxygens (including phenoxy) is 1. The van der Waals surface area contributed by atoms with Gasteiger partial charge in [-0.15, -0.1) is 11.3 Å². The monoisotopic (exact) mass is 336 g/mol. The van der Waals surface area contributed by atoms with Crippen molar-refractivity contribution in [3.63, 3.8) is 0 Å². The van der Waals surface area contributed by atoms with Crippen LogP contribution in [-0.4, -0.2) is 24.1 Å². The van der Waals surface area contributed by atoms with E-state index < -0.39 is 6.17 Å².